The summed E-state index contributed by atoms with van der Waals surface area (Å²) in [6.07, 6.45) is 7.91. The van der Waals surface area contributed by atoms with Crippen LogP contribution in [0.4, 0.5) is 0 Å². The second-order valence-corrected chi connectivity index (χ2v) is 5.86. The van der Waals surface area contributed by atoms with Crippen LogP contribution >= 0.6 is 0 Å². The summed E-state index contributed by atoms with van der Waals surface area (Å²) in [5, 5.41) is 3.10. The zero-order valence-electron chi connectivity index (χ0n) is 10.3. The summed E-state index contributed by atoms with van der Waals surface area (Å²) < 4.78 is 0. The minimum absolute atomic E-state index is 0.146. The number of carbonyl (C=O) groups is 1. The van der Waals surface area contributed by atoms with E-state index in [1.807, 2.05) is 0 Å². The van der Waals surface area contributed by atoms with Gasteiger partial charge in [-0.3, -0.25) is 4.79 Å². The van der Waals surface area contributed by atoms with Gasteiger partial charge in [-0.2, -0.15) is 0 Å². The third-order valence-corrected chi connectivity index (χ3v) is 4.75. The molecular weight excluding hydrogens is 200 g/mol. The zero-order valence-corrected chi connectivity index (χ0v) is 10.3. The van der Waals surface area contributed by atoms with E-state index >= 15 is 0 Å². The van der Waals surface area contributed by atoms with Gasteiger partial charge in [0.25, 0.3) is 0 Å². The number of rotatable bonds is 6. The van der Waals surface area contributed by atoms with Crippen LogP contribution in [0, 0.1) is 10.8 Å². The predicted molar refractivity (Wildman–Crippen MR) is 64.9 cm³/mol. The average Bonchev–Trinajstić information content (AvgIpc) is 3.01. The molecule has 0 heterocycles. The molecule has 0 bridgehead atoms. The maximum Gasteiger partial charge on any atom is 0.220 e. The van der Waals surface area contributed by atoms with Crippen LogP contribution in [-0.4, -0.2) is 19.0 Å². The molecule has 2 saturated carbocycles. The van der Waals surface area contributed by atoms with Gasteiger partial charge in [0, 0.05) is 13.0 Å². The van der Waals surface area contributed by atoms with Crippen LogP contribution in [0.15, 0.2) is 0 Å². The molecule has 0 aromatic heterocycles. The van der Waals surface area contributed by atoms with Gasteiger partial charge < -0.3 is 11.1 Å². The van der Waals surface area contributed by atoms with Crippen molar-refractivity contribution in [3.05, 3.63) is 0 Å². The number of hydrogen-bond donors (Lipinski definition) is 2. The number of nitrogens with one attached hydrogen (secondary N) is 1. The summed E-state index contributed by atoms with van der Waals surface area (Å²) in [6, 6.07) is 0. The quantitative estimate of drug-likeness (QED) is 0.723. The highest BCUT2D eigenvalue weighted by molar-refractivity contribution is 5.77. The van der Waals surface area contributed by atoms with E-state index < -0.39 is 0 Å². The Morgan fingerprint density at radius 1 is 1.25 bits per heavy atom. The lowest BCUT2D eigenvalue weighted by atomic mass is 9.66. The van der Waals surface area contributed by atoms with Gasteiger partial charge in [0.15, 0.2) is 0 Å². The molecule has 92 valence electrons. The van der Waals surface area contributed by atoms with Crippen LogP contribution in [0.25, 0.3) is 0 Å². The maximum atomic E-state index is 11.8. The van der Waals surface area contributed by atoms with E-state index in [9.17, 15) is 4.79 Å². The molecule has 0 aromatic rings. The van der Waals surface area contributed by atoms with E-state index in [2.05, 4.69) is 12.2 Å². The molecule has 3 heteroatoms. The summed E-state index contributed by atoms with van der Waals surface area (Å²) >= 11 is 0. The van der Waals surface area contributed by atoms with Gasteiger partial charge in [0.2, 0.25) is 5.91 Å². The van der Waals surface area contributed by atoms with E-state index in [-0.39, 0.29) is 11.3 Å². The predicted octanol–water partition coefficient (Wildman–Crippen LogP) is 1.81. The van der Waals surface area contributed by atoms with Crippen molar-refractivity contribution in [2.45, 2.75) is 51.9 Å². The summed E-state index contributed by atoms with van der Waals surface area (Å²) in [6.45, 7) is 3.76. The molecule has 1 amide bonds. The summed E-state index contributed by atoms with van der Waals surface area (Å²) in [4.78, 5) is 11.8. The van der Waals surface area contributed by atoms with Gasteiger partial charge in [-0.25, -0.2) is 0 Å². The van der Waals surface area contributed by atoms with Crippen LogP contribution in [0.2, 0.25) is 0 Å². The Hall–Kier alpha value is -0.570. The molecule has 0 unspecified atom stereocenters. The molecule has 0 spiro atoms. The van der Waals surface area contributed by atoms with Crippen LogP contribution in [0.1, 0.15) is 51.9 Å². The van der Waals surface area contributed by atoms with Crippen molar-refractivity contribution < 1.29 is 4.79 Å². The molecule has 0 aromatic carbocycles. The van der Waals surface area contributed by atoms with E-state index in [0.29, 0.717) is 18.4 Å². The Balaban J connectivity index is 1.72. The average molecular weight is 224 g/mol. The number of hydrogen-bond acceptors (Lipinski definition) is 2. The molecule has 16 heavy (non-hydrogen) atoms. The van der Waals surface area contributed by atoms with Gasteiger partial charge in [0.05, 0.1) is 0 Å². The minimum Gasteiger partial charge on any atom is -0.356 e. The summed E-state index contributed by atoms with van der Waals surface area (Å²) in [5.74, 6) is 0.213. The minimum atomic E-state index is 0.146. The van der Waals surface area contributed by atoms with Crippen LogP contribution in [-0.2, 0) is 4.79 Å². The highest BCUT2D eigenvalue weighted by Gasteiger charge is 2.42. The third-order valence-electron chi connectivity index (χ3n) is 4.75. The molecule has 0 aliphatic heterocycles. The van der Waals surface area contributed by atoms with Crippen molar-refractivity contribution in [1.29, 1.82) is 0 Å². The summed E-state index contributed by atoms with van der Waals surface area (Å²) in [7, 11) is 0. The topological polar surface area (TPSA) is 55.1 Å². The van der Waals surface area contributed by atoms with Gasteiger partial charge in [-0.1, -0.05) is 13.3 Å². The molecule has 0 atom stereocenters. The van der Waals surface area contributed by atoms with Crippen molar-refractivity contribution in [3.8, 4) is 0 Å². The molecule has 3 nitrogen and oxygen atoms in total. The normalized spacial score (nSPS) is 24.6. The Bertz CT molecular complexity index is 262. The number of carbonyl (C=O) groups excluding carboxylic acids is 1. The fourth-order valence-corrected chi connectivity index (χ4v) is 2.65. The van der Waals surface area contributed by atoms with Gasteiger partial charge >= 0.3 is 0 Å². The zero-order chi connectivity index (χ0) is 11.6. The molecule has 2 rings (SSSR count). The lowest BCUT2D eigenvalue weighted by molar-refractivity contribution is -0.125. The Kier molecular flexibility index (Phi) is 3.24. The fourth-order valence-electron chi connectivity index (χ4n) is 2.65. The SMILES string of the molecule is CCC1(CNC(=O)CC2(CN)CCC2)CC1. The molecule has 2 aliphatic rings. The van der Waals surface area contributed by atoms with E-state index in [1.54, 1.807) is 0 Å². The van der Waals surface area contributed by atoms with Gasteiger partial charge in [-0.05, 0) is 49.5 Å². The fraction of sp³-hybridized carbons (Fsp3) is 0.923. The monoisotopic (exact) mass is 224 g/mol. The first-order valence-electron chi connectivity index (χ1n) is 6.61. The van der Waals surface area contributed by atoms with Crippen LogP contribution in [0.5, 0.6) is 0 Å². The Labute approximate surface area is 98.2 Å². The highest BCUT2D eigenvalue weighted by atomic mass is 16.1. The molecule has 0 saturated heterocycles. The first-order valence-corrected chi connectivity index (χ1v) is 6.61. The first-order chi connectivity index (χ1) is 7.64. The second-order valence-electron chi connectivity index (χ2n) is 5.86. The van der Waals surface area contributed by atoms with Crippen LogP contribution < -0.4 is 11.1 Å². The van der Waals surface area contributed by atoms with Gasteiger partial charge in [-0.15, -0.1) is 0 Å². The molecule has 2 aliphatic carbocycles. The van der Waals surface area contributed by atoms with E-state index in [0.717, 1.165) is 19.4 Å². The Morgan fingerprint density at radius 2 is 1.94 bits per heavy atom. The lowest BCUT2D eigenvalue weighted by Gasteiger charge is -2.40. The van der Waals surface area contributed by atoms with Gasteiger partial charge in [0.1, 0.15) is 0 Å². The number of amides is 1. The van der Waals surface area contributed by atoms with E-state index in [1.165, 1.54) is 25.7 Å². The molecule has 0 radical (unpaired) electrons. The van der Waals surface area contributed by atoms with Crippen molar-refractivity contribution in [2.75, 3.05) is 13.1 Å². The molecule has 3 N–H and O–H groups in total. The lowest BCUT2D eigenvalue weighted by Crippen LogP contribution is -2.42. The number of nitrogens with two attached hydrogens (primary N) is 1. The van der Waals surface area contributed by atoms with Crippen molar-refractivity contribution in [3.63, 3.8) is 0 Å². The van der Waals surface area contributed by atoms with Crippen molar-refractivity contribution in [1.82, 2.24) is 5.32 Å². The summed E-state index contributed by atoms with van der Waals surface area (Å²) in [5.41, 5.74) is 6.35. The van der Waals surface area contributed by atoms with E-state index in [4.69, 9.17) is 5.73 Å². The maximum absolute atomic E-state index is 11.8. The molecule has 2 fully saturated rings. The largest absolute Gasteiger partial charge is 0.356 e. The Morgan fingerprint density at radius 3 is 2.31 bits per heavy atom. The molecular formula is C13H24N2O. The highest BCUT2D eigenvalue weighted by Crippen LogP contribution is 2.48. The second kappa shape index (κ2) is 4.36. The standard InChI is InChI=1S/C13H24N2O/c1-2-12(6-7-12)10-15-11(16)8-13(9-14)4-3-5-13/h2-10,14H2,1H3,(H,15,16). The van der Waals surface area contributed by atoms with Crippen molar-refractivity contribution in [2.24, 2.45) is 16.6 Å². The smallest absolute Gasteiger partial charge is 0.220 e. The van der Waals surface area contributed by atoms with Crippen LogP contribution in [0.3, 0.4) is 0 Å². The first kappa shape index (κ1) is 11.9. The van der Waals surface area contributed by atoms with Crippen molar-refractivity contribution >= 4 is 5.91 Å². The third kappa shape index (κ3) is 2.40.